The van der Waals surface area contributed by atoms with Gasteiger partial charge in [-0.3, -0.25) is 4.79 Å². The maximum absolute atomic E-state index is 11.0. The van der Waals surface area contributed by atoms with Gasteiger partial charge in [-0.2, -0.15) is 0 Å². The molecule has 94 valence electrons. The Kier molecular flexibility index (Phi) is 5.51. The predicted molar refractivity (Wildman–Crippen MR) is 73.0 cm³/mol. The molecule has 0 saturated carbocycles. The molecule has 0 aliphatic carbocycles. The van der Waals surface area contributed by atoms with Crippen molar-refractivity contribution >= 4 is 17.7 Å². The molecule has 17 heavy (non-hydrogen) atoms. The molecule has 0 aliphatic rings. The molecule has 2 unspecified atom stereocenters. The van der Waals surface area contributed by atoms with Gasteiger partial charge in [-0.05, 0) is 38.1 Å². The molecule has 0 saturated heterocycles. The van der Waals surface area contributed by atoms with Crippen LogP contribution in [0.3, 0.4) is 0 Å². The maximum atomic E-state index is 11.0. The van der Waals surface area contributed by atoms with Crippen molar-refractivity contribution in [2.45, 2.75) is 37.0 Å². The van der Waals surface area contributed by atoms with Crippen molar-refractivity contribution in [1.82, 2.24) is 5.32 Å². The van der Waals surface area contributed by atoms with Gasteiger partial charge in [0.05, 0.1) is 5.25 Å². The van der Waals surface area contributed by atoms with Gasteiger partial charge in [0.1, 0.15) is 0 Å². The van der Waals surface area contributed by atoms with Crippen molar-refractivity contribution < 1.29 is 4.79 Å². The first-order valence-electron chi connectivity index (χ1n) is 5.84. The molecule has 0 spiro atoms. The summed E-state index contributed by atoms with van der Waals surface area (Å²) in [5.74, 6) is -0.278. The van der Waals surface area contributed by atoms with E-state index in [-0.39, 0.29) is 11.2 Å². The minimum Gasteiger partial charge on any atom is -0.369 e. The van der Waals surface area contributed by atoms with Gasteiger partial charge < -0.3 is 11.1 Å². The average Bonchev–Trinajstić information content (AvgIpc) is 2.30. The zero-order valence-electron chi connectivity index (χ0n) is 10.6. The maximum Gasteiger partial charge on any atom is 0.230 e. The molecule has 0 fully saturated rings. The normalized spacial score (nSPS) is 14.3. The molecule has 1 amide bonds. The number of carbonyl (C=O) groups excluding carboxylic acids is 1. The standard InChI is InChI=1S/C13H20N2OS/c1-4-15-9(2)11-5-7-12(8-6-11)17-10(3)13(14)16/h5-10,15H,4H2,1-3H3,(H2,14,16). The summed E-state index contributed by atoms with van der Waals surface area (Å²) in [6.07, 6.45) is 0. The van der Waals surface area contributed by atoms with Crippen LogP contribution in [0.25, 0.3) is 0 Å². The minimum absolute atomic E-state index is 0.188. The minimum atomic E-state index is -0.278. The van der Waals surface area contributed by atoms with E-state index in [9.17, 15) is 4.79 Å². The van der Waals surface area contributed by atoms with E-state index < -0.39 is 0 Å². The molecule has 2 atom stereocenters. The largest absolute Gasteiger partial charge is 0.369 e. The van der Waals surface area contributed by atoms with Crippen molar-refractivity contribution in [2.75, 3.05) is 6.54 Å². The van der Waals surface area contributed by atoms with E-state index in [1.807, 2.05) is 19.1 Å². The van der Waals surface area contributed by atoms with Crippen LogP contribution in [0.5, 0.6) is 0 Å². The highest BCUT2D eigenvalue weighted by atomic mass is 32.2. The number of hydrogen-bond acceptors (Lipinski definition) is 3. The molecule has 4 heteroatoms. The van der Waals surface area contributed by atoms with E-state index in [0.29, 0.717) is 6.04 Å². The zero-order chi connectivity index (χ0) is 12.8. The van der Waals surface area contributed by atoms with E-state index in [2.05, 4.69) is 31.3 Å². The summed E-state index contributed by atoms with van der Waals surface area (Å²) in [7, 11) is 0. The molecule has 0 bridgehead atoms. The second kappa shape index (κ2) is 6.67. The molecule has 3 nitrogen and oxygen atoms in total. The van der Waals surface area contributed by atoms with Gasteiger partial charge in [0.25, 0.3) is 0 Å². The Morgan fingerprint density at radius 2 is 1.94 bits per heavy atom. The number of carbonyl (C=O) groups is 1. The number of hydrogen-bond donors (Lipinski definition) is 2. The third kappa shape index (κ3) is 4.40. The smallest absolute Gasteiger partial charge is 0.230 e. The topological polar surface area (TPSA) is 55.1 Å². The summed E-state index contributed by atoms with van der Waals surface area (Å²) in [5, 5.41) is 3.17. The Bertz CT molecular complexity index is 364. The molecular formula is C13H20N2OS. The number of thioether (sulfide) groups is 1. The molecule has 0 aromatic heterocycles. The molecule has 0 radical (unpaired) electrons. The van der Waals surface area contributed by atoms with Gasteiger partial charge in [-0.1, -0.05) is 19.1 Å². The van der Waals surface area contributed by atoms with E-state index >= 15 is 0 Å². The molecule has 1 aromatic rings. The number of primary amides is 1. The number of amides is 1. The van der Waals surface area contributed by atoms with Crippen LogP contribution in [0.1, 0.15) is 32.4 Å². The third-order valence-corrected chi connectivity index (χ3v) is 3.73. The van der Waals surface area contributed by atoms with E-state index in [1.54, 1.807) is 0 Å². The van der Waals surface area contributed by atoms with Crippen LogP contribution >= 0.6 is 11.8 Å². The predicted octanol–water partition coefficient (Wildman–Crippen LogP) is 2.32. The van der Waals surface area contributed by atoms with Gasteiger partial charge in [0.2, 0.25) is 5.91 Å². The highest BCUT2D eigenvalue weighted by molar-refractivity contribution is 8.00. The van der Waals surface area contributed by atoms with Gasteiger partial charge in [0.15, 0.2) is 0 Å². The Hall–Kier alpha value is -1.00. The van der Waals surface area contributed by atoms with Crippen molar-refractivity contribution in [2.24, 2.45) is 5.73 Å². The van der Waals surface area contributed by atoms with Gasteiger partial charge in [-0.15, -0.1) is 11.8 Å². The van der Waals surface area contributed by atoms with Crippen LogP contribution in [-0.2, 0) is 4.79 Å². The fourth-order valence-corrected chi connectivity index (χ4v) is 2.34. The summed E-state index contributed by atoms with van der Waals surface area (Å²) >= 11 is 1.49. The molecule has 1 aromatic carbocycles. The fourth-order valence-electron chi connectivity index (χ4n) is 1.52. The highest BCUT2D eigenvalue weighted by Crippen LogP contribution is 2.24. The van der Waals surface area contributed by atoms with Crippen molar-refractivity contribution in [1.29, 1.82) is 0 Å². The third-order valence-electron chi connectivity index (χ3n) is 2.60. The van der Waals surface area contributed by atoms with Crippen LogP contribution in [-0.4, -0.2) is 17.7 Å². The van der Waals surface area contributed by atoms with E-state index in [0.717, 1.165) is 11.4 Å². The summed E-state index contributed by atoms with van der Waals surface area (Å²) in [4.78, 5) is 12.0. The van der Waals surface area contributed by atoms with Crippen LogP contribution in [0, 0.1) is 0 Å². The summed E-state index contributed by atoms with van der Waals surface area (Å²) in [6.45, 7) is 7.01. The summed E-state index contributed by atoms with van der Waals surface area (Å²) in [6, 6.07) is 8.60. The fraction of sp³-hybridized carbons (Fsp3) is 0.462. The lowest BCUT2D eigenvalue weighted by Crippen LogP contribution is -2.22. The molecule has 3 N–H and O–H groups in total. The van der Waals surface area contributed by atoms with Crippen LogP contribution in [0.2, 0.25) is 0 Å². The Morgan fingerprint density at radius 1 is 1.35 bits per heavy atom. The number of rotatable bonds is 6. The Balaban J connectivity index is 2.64. The molecular weight excluding hydrogens is 232 g/mol. The first-order valence-corrected chi connectivity index (χ1v) is 6.72. The van der Waals surface area contributed by atoms with Gasteiger partial charge in [0, 0.05) is 10.9 Å². The highest BCUT2D eigenvalue weighted by Gasteiger charge is 2.10. The average molecular weight is 252 g/mol. The van der Waals surface area contributed by atoms with Crippen molar-refractivity contribution in [3.8, 4) is 0 Å². The summed E-state index contributed by atoms with van der Waals surface area (Å²) < 4.78 is 0. The van der Waals surface area contributed by atoms with Gasteiger partial charge >= 0.3 is 0 Å². The second-order valence-corrected chi connectivity index (χ2v) is 5.43. The first-order chi connectivity index (χ1) is 8.04. The number of nitrogens with one attached hydrogen (secondary N) is 1. The number of nitrogens with two attached hydrogens (primary N) is 1. The monoisotopic (exact) mass is 252 g/mol. The van der Waals surface area contributed by atoms with Crippen LogP contribution in [0.15, 0.2) is 29.2 Å². The van der Waals surface area contributed by atoms with E-state index in [1.165, 1.54) is 17.3 Å². The first kappa shape index (κ1) is 14.1. The zero-order valence-corrected chi connectivity index (χ0v) is 11.4. The molecule has 0 heterocycles. The second-order valence-electron chi connectivity index (χ2n) is 4.01. The van der Waals surface area contributed by atoms with Crippen LogP contribution < -0.4 is 11.1 Å². The lowest BCUT2D eigenvalue weighted by Gasteiger charge is -2.13. The van der Waals surface area contributed by atoms with Crippen molar-refractivity contribution in [3.63, 3.8) is 0 Å². The quantitative estimate of drug-likeness (QED) is 0.764. The molecule has 0 aliphatic heterocycles. The van der Waals surface area contributed by atoms with Gasteiger partial charge in [-0.25, -0.2) is 0 Å². The lowest BCUT2D eigenvalue weighted by atomic mass is 10.1. The SMILES string of the molecule is CCNC(C)c1ccc(SC(C)C(N)=O)cc1. The van der Waals surface area contributed by atoms with E-state index in [4.69, 9.17) is 5.73 Å². The van der Waals surface area contributed by atoms with Crippen LogP contribution in [0.4, 0.5) is 0 Å². The number of benzene rings is 1. The summed E-state index contributed by atoms with van der Waals surface area (Å²) in [5.41, 5.74) is 6.48. The molecule has 1 rings (SSSR count). The Labute approximate surface area is 107 Å². The lowest BCUT2D eigenvalue weighted by molar-refractivity contribution is -0.117. The van der Waals surface area contributed by atoms with Crippen molar-refractivity contribution in [3.05, 3.63) is 29.8 Å². The Morgan fingerprint density at radius 3 is 2.41 bits per heavy atom.